The summed E-state index contributed by atoms with van der Waals surface area (Å²) in [7, 11) is 1.62. The standard InChI is InChI=1S/C20H17N5O2/c1-27-12-6-7-14-16(10-12)23-9-8-18(14)25-11-15(19(26)24-20(21)22)13-4-2-3-5-17(13)25/h2-11H,1H3,(H4,21,22,24,26). The Hall–Kier alpha value is -3.87. The van der Waals surface area contributed by atoms with Crippen molar-refractivity contribution in [1.29, 1.82) is 5.41 Å². The highest BCUT2D eigenvalue weighted by Gasteiger charge is 2.17. The third kappa shape index (κ3) is 2.85. The van der Waals surface area contributed by atoms with Gasteiger partial charge in [0.1, 0.15) is 5.75 Å². The van der Waals surface area contributed by atoms with Gasteiger partial charge in [-0.05, 0) is 24.3 Å². The zero-order valence-corrected chi connectivity index (χ0v) is 14.6. The molecule has 0 aliphatic heterocycles. The number of para-hydroxylation sites is 1. The van der Waals surface area contributed by atoms with Crippen molar-refractivity contribution in [3.8, 4) is 11.4 Å². The van der Waals surface area contributed by atoms with E-state index in [4.69, 9.17) is 15.9 Å². The molecule has 0 aliphatic rings. The topological polar surface area (TPSA) is 106 Å². The number of methoxy groups -OCH3 is 1. The normalized spacial score (nSPS) is 10.9. The Labute approximate surface area is 154 Å². The van der Waals surface area contributed by atoms with E-state index in [0.717, 1.165) is 33.2 Å². The molecule has 134 valence electrons. The number of guanidine groups is 1. The molecule has 0 saturated carbocycles. The van der Waals surface area contributed by atoms with Crippen molar-refractivity contribution in [2.45, 2.75) is 0 Å². The molecule has 0 fully saturated rings. The van der Waals surface area contributed by atoms with Crippen LogP contribution >= 0.6 is 0 Å². The maximum absolute atomic E-state index is 12.5. The largest absolute Gasteiger partial charge is 0.497 e. The summed E-state index contributed by atoms with van der Waals surface area (Å²) in [6.45, 7) is 0. The molecule has 27 heavy (non-hydrogen) atoms. The molecule has 0 unspecified atom stereocenters. The van der Waals surface area contributed by atoms with Crippen LogP contribution in [0.2, 0.25) is 0 Å². The lowest BCUT2D eigenvalue weighted by molar-refractivity contribution is 0.0978. The van der Waals surface area contributed by atoms with Gasteiger partial charge in [-0.1, -0.05) is 18.2 Å². The van der Waals surface area contributed by atoms with Gasteiger partial charge in [-0.2, -0.15) is 0 Å². The third-order valence-electron chi connectivity index (χ3n) is 4.39. The average molecular weight is 359 g/mol. The van der Waals surface area contributed by atoms with Gasteiger partial charge in [-0.15, -0.1) is 0 Å². The van der Waals surface area contributed by atoms with Crippen LogP contribution in [0.5, 0.6) is 5.75 Å². The van der Waals surface area contributed by atoms with Crippen molar-refractivity contribution in [2.24, 2.45) is 5.73 Å². The number of nitrogens with two attached hydrogens (primary N) is 1. The molecular weight excluding hydrogens is 342 g/mol. The number of carbonyl (C=O) groups is 1. The van der Waals surface area contributed by atoms with E-state index in [1.807, 2.05) is 53.1 Å². The molecule has 4 N–H and O–H groups in total. The molecule has 4 rings (SSSR count). The van der Waals surface area contributed by atoms with E-state index >= 15 is 0 Å². The molecule has 0 bridgehead atoms. The Morgan fingerprint density at radius 1 is 1.19 bits per heavy atom. The summed E-state index contributed by atoms with van der Waals surface area (Å²) < 4.78 is 7.22. The number of ether oxygens (including phenoxy) is 1. The van der Waals surface area contributed by atoms with E-state index in [1.165, 1.54) is 0 Å². The van der Waals surface area contributed by atoms with Gasteiger partial charge in [0, 0.05) is 29.2 Å². The monoisotopic (exact) mass is 359 g/mol. The molecule has 0 saturated heterocycles. The molecule has 0 aliphatic carbocycles. The summed E-state index contributed by atoms with van der Waals surface area (Å²) in [6.07, 6.45) is 3.48. The van der Waals surface area contributed by atoms with Crippen molar-refractivity contribution >= 4 is 33.7 Å². The predicted octanol–water partition coefficient (Wildman–Crippen LogP) is 2.81. The second-order valence-electron chi connectivity index (χ2n) is 6.01. The van der Waals surface area contributed by atoms with Crippen LogP contribution in [0.1, 0.15) is 10.4 Å². The second-order valence-corrected chi connectivity index (χ2v) is 6.01. The first-order valence-electron chi connectivity index (χ1n) is 8.27. The van der Waals surface area contributed by atoms with Crippen molar-refractivity contribution in [1.82, 2.24) is 14.9 Å². The number of benzene rings is 2. The highest BCUT2D eigenvalue weighted by molar-refractivity contribution is 6.12. The van der Waals surface area contributed by atoms with E-state index in [0.29, 0.717) is 5.56 Å². The molecule has 4 aromatic rings. The molecule has 0 spiro atoms. The molecule has 0 atom stereocenters. The first-order valence-corrected chi connectivity index (χ1v) is 8.27. The number of nitrogens with zero attached hydrogens (tertiary/aromatic N) is 2. The van der Waals surface area contributed by atoms with Crippen molar-refractivity contribution in [2.75, 3.05) is 7.11 Å². The summed E-state index contributed by atoms with van der Waals surface area (Å²) in [5.41, 5.74) is 8.31. The number of aromatic nitrogens is 2. The van der Waals surface area contributed by atoms with Gasteiger partial charge in [0.05, 0.1) is 29.4 Å². The lowest BCUT2D eigenvalue weighted by Gasteiger charge is -2.10. The van der Waals surface area contributed by atoms with Gasteiger partial charge in [-0.25, -0.2) is 0 Å². The van der Waals surface area contributed by atoms with Crippen LogP contribution in [0.3, 0.4) is 0 Å². The van der Waals surface area contributed by atoms with Crippen LogP contribution < -0.4 is 15.8 Å². The van der Waals surface area contributed by atoms with Crippen molar-refractivity contribution in [3.05, 3.63) is 66.5 Å². The molecule has 2 aromatic carbocycles. The lowest BCUT2D eigenvalue weighted by Crippen LogP contribution is -2.35. The molecule has 0 radical (unpaired) electrons. The fourth-order valence-corrected chi connectivity index (χ4v) is 3.20. The highest BCUT2D eigenvalue weighted by atomic mass is 16.5. The van der Waals surface area contributed by atoms with Gasteiger partial charge in [0.15, 0.2) is 5.96 Å². The Kier molecular flexibility index (Phi) is 3.97. The molecule has 7 nitrogen and oxygen atoms in total. The van der Waals surface area contributed by atoms with Crippen LogP contribution in [-0.2, 0) is 0 Å². The summed E-state index contributed by atoms with van der Waals surface area (Å²) in [5.74, 6) is -0.0817. The summed E-state index contributed by atoms with van der Waals surface area (Å²) in [6, 6.07) is 15.2. The van der Waals surface area contributed by atoms with Gasteiger partial charge in [0.2, 0.25) is 0 Å². The molecule has 7 heteroatoms. The van der Waals surface area contributed by atoms with Gasteiger partial charge < -0.3 is 15.0 Å². The molecule has 2 aromatic heterocycles. The third-order valence-corrected chi connectivity index (χ3v) is 4.39. The Bertz CT molecular complexity index is 1200. The lowest BCUT2D eigenvalue weighted by atomic mass is 10.1. The number of hydrogen-bond acceptors (Lipinski definition) is 4. The van der Waals surface area contributed by atoms with Gasteiger partial charge in [0.25, 0.3) is 5.91 Å². The number of amides is 1. The number of carbonyl (C=O) groups excluding carboxylic acids is 1. The zero-order valence-electron chi connectivity index (χ0n) is 14.6. The van der Waals surface area contributed by atoms with Crippen LogP contribution in [-0.4, -0.2) is 28.5 Å². The van der Waals surface area contributed by atoms with Crippen LogP contribution in [0, 0.1) is 5.41 Å². The summed E-state index contributed by atoms with van der Waals surface area (Å²) in [4.78, 5) is 16.9. The van der Waals surface area contributed by atoms with E-state index in [2.05, 4.69) is 10.3 Å². The van der Waals surface area contributed by atoms with Crippen molar-refractivity contribution in [3.63, 3.8) is 0 Å². The van der Waals surface area contributed by atoms with E-state index in [1.54, 1.807) is 19.5 Å². The minimum atomic E-state index is -0.419. The predicted molar refractivity (Wildman–Crippen MR) is 105 cm³/mol. The second kappa shape index (κ2) is 6.45. The SMILES string of the molecule is COc1ccc2c(-n3cc(C(=O)NC(=N)N)c4ccccc43)ccnc2c1. The highest BCUT2D eigenvalue weighted by Crippen LogP contribution is 2.30. The number of fused-ring (bicyclic) bond motifs is 2. The first-order chi connectivity index (χ1) is 13.1. The Balaban J connectivity index is 1.96. The fraction of sp³-hybridized carbons (Fsp3) is 0.0500. The van der Waals surface area contributed by atoms with Crippen molar-refractivity contribution < 1.29 is 9.53 Å². The van der Waals surface area contributed by atoms with E-state index in [9.17, 15) is 4.79 Å². The van der Waals surface area contributed by atoms with Gasteiger partial charge >= 0.3 is 0 Å². The number of pyridine rings is 1. The average Bonchev–Trinajstić information content (AvgIpc) is 3.06. The van der Waals surface area contributed by atoms with Crippen LogP contribution in [0.15, 0.2) is 60.9 Å². The van der Waals surface area contributed by atoms with E-state index in [-0.39, 0.29) is 0 Å². The zero-order chi connectivity index (χ0) is 19.0. The van der Waals surface area contributed by atoms with Crippen LogP contribution in [0.25, 0.3) is 27.5 Å². The first kappa shape index (κ1) is 16.6. The number of hydrogen-bond donors (Lipinski definition) is 3. The minimum absolute atomic E-state index is 0.390. The quantitative estimate of drug-likeness (QED) is 0.386. The van der Waals surface area contributed by atoms with Crippen LogP contribution in [0.4, 0.5) is 0 Å². The Morgan fingerprint density at radius 2 is 2.00 bits per heavy atom. The smallest absolute Gasteiger partial charge is 0.260 e. The number of rotatable bonds is 3. The molecule has 1 amide bonds. The molecular formula is C20H17N5O2. The number of nitrogens with one attached hydrogen (secondary N) is 2. The Morgan fingerprint density at radius 3 is 2.78 bits per heavy atom. The maximum atomic E-state index is 12.5. The minimum Gasteiger partial charge on any atom is -0.497 e. The van der Waals surface area contributed by atoms with E-state index < -0.39 is 11.9 Å². The summed E-state index contributed by atoms with van der Waals surface area (Å²) in [5, 5.41) is 11.4. The maximum Gasteiger partial charge on any atom is 0.260 e. The fourth-order valence-electron chi connectivity index (χ4n) is 3.20. The molecule has 2 heterocycles. The van der Waals surface area contributed by atoms with Gasteiger partial charge in [-0.3, -0.25) is 20.5 Å². The summed E-state index contributed by atoms with van der Waals surface area (Å²) >= 11 is 0.